The summed E-state index contributed by atoms with van der Waals surface area (Å²) in [6, 6.07) is 6.11. The smallest absolute Gasteiger partial charge is 0.321 e. The number of nitrogens with zero attached hydrogens (tertiary/aromatic N) is 1. The van der Waals surface area contributed by atoms with E-state index in [1.54, 1.807) is 0 Å². The number of carbonyl (C=O) groups excluding carboxylic acids is 1. The average Bonchev–Trinajstić information content (AvgIpc) is 2.80. The van der Waals surface area contributed by atoms with Crippen molar-refractivity contribution in [2.45, 2.75) is 45.1 Å². The molecule has 1 saturated carbocycles. The molecule has 1 heterocycles. The van der Waals surface area contributed by atoms with Crippen LogP contribution in [0.1, 0.15) is 37.7 Å². The summed E-state index contributed by atoms with van der Waals surface area (Å²) in [4.78, 5) is 19.4. The maximum Gasteiger partial charge on any atom is 0.321 e. The molecule has 0 atom stereocenters. The molecule has 5 heteroatoms. The zero-order valence-electron chi connectivity index (χ0n) is 11.7. The van der Waals surface area contributed by atoms with E-state index in [2.05, 4.69) is 20.6 Å². The van der Waals surface area contributed by atoms with Crippen molar-refractivity contribution in [3.63, 3.8) is 0 Å². The summed E-state index contributed by atoms with van der Waals surface area (Å²) in [6.45, 7) is 2.03. The summed E-state index contributed by atoms with van der Waals surface area (Å²) >= 11 is 0. The molecule has 5 nitrogen and oxygen atoms in total. The van der Waals surface area contributed by atoms with Gasteiger partial charge in [0, 0.05) is 6.04 Å². The van der Waals surface area contributed by atoms with Crippen molar-refractivity contribution in [3.05, 3.63) is 23.8 Å². The molecule has 20 heavy (non-hydrogen) atoms. The Kier molecular flexibility index (Phi) is 3.58. The first kappa shape index (κ1) is 13.0. The second-order valence-electron chi connectivity index (χ2n) is 5.54. The van der Waals surface area contributed by atoms with E-state index in [9.17, 15) is 4.79 Å². The summed E-state index contributed by atoms with van der Waals surface area (Å²) in [6.07, 6.45) is 5.84. The van der Waals surface area contributed by atoms with Gasteiger partial charge in [-0.3, -0.25) is 5.32 Å². The van der Waals surface area contributed by atoms with Crippen LogP contribution in [0.15, 0.2) is 18.2 Å². The maximum atomic E-state index is 11.9. The van der Waals surface area contributed by atoms with Crippen LogP contribution in [0.2, 0.25) is 0 Å². The lowest BCUT2D eigenvalue weighted by Crippen LogP contribution is -2.39. The van der Waals surface area contributed by atoms with Crippen molar-refractivity contribution in [3.8, 4) is 0 Å². The van der Waals surface area contributed by atoms with Crippen LogP contribution < -0.4 is 10.6 Å². The first-order valence-corrected chi connectivity index (χ1v) is 7.24. The van der Waals surface area contributed by atoms with Gasteiger partial charge in [-0.2, -0.15) is 0 Å². The van der Waals surface area contributed by atoms with Gasteiger partial charge in [-0.15, -0.1) is 0 Å². The summed E-state index contributed by atoms with van der Waals surface area (Å²) < 4.78 is 0. The Bertz CT molecular complexity index is 613. The average molecular weight is 272 g/mol. The van der Waals surface area contributed by atoms with Gasteiger partial charge in [-0.05, 0) is 37.5 Å². The Morgan fingerprint density at radius 3 is 2.90 bits per heavy atom. The number of imidazole rings is 1. The van der Waals surface area contributed by atoms with Crippen molar-refractivity contribution in [1.82, 2.24) is 15.3 Å². The predicted molar refractivity (Wildman–Crippen MR) is 79.9 cm³/mol. The van der Waals surface area contributed by atoms with Crippen molar-refractivity contribution < 1.29 is 4.79 Å². The van der Waals surface area contributed by atoms with Crippen molar-refractivity contribution >= 4 is 23.0 Å². The summed E-state index contributed by atoms with van der Waals surface area (Å²) in [5.74, 6) is 0.499. The quantitative estimate of drug-likeness (QED) is 0.784. The molecule has 1 aliphatic carbocycles. The molecule has 1 aromatic carbocycles. The highest BCUT2D eigenvalue weighted by atomic mass is 16.2. The van der Waals surface area contributed by atoms with E-state index >= 15 is 0 Å². The molecule has 1 aliphatic rings. The normalized spacial score (nSPS) is 16.2. The number of carbonyl (C=O) groups is 1. The number of anilines is 1. The van der Waals surface area contributed by atoms with Crippen LogP contribution in [0.25, 0.3) is 11.0 Å². The largest absolute Gasteiger partial charge is 0.335 e. The molecule has 1 aromatic heterocycles. The van der Waals surface area contributed by atoms with Gasteiger partial charge in [-0.25, -0.2) is 9.78 Å². The third-order valence-electron chi connectivity index (χ3n) is 3.81. The summed E-state index contributed by atoms with van der Waals surface area (Å²) in [5, 5.41) is 5.79. The van der Waals surface area contributed by atoms with E-state index in [-0.39, 0.29) is 6.03 Å². The standard InChI is InChI=1S/C15H20N4O/c1-10-7-8-12-13(9-10)18-14(17-12)19-15(20)16-11-5-3-2-4-6-11/h7-9,11H,2-6H2,1H3,(H3,16,17,18,19,20). The Hall–Kier alpha value is -2.04. The highest BCUT2D eigenvalue weighted by Crippen LogP contribution is 2.18. The number of aromatic nitrogens is 2. The predicted octanol–water partition coefficient (Wildman–Crippen LogP) is 3.33. The van der Waals surface area contributed by atoms with Crippen molar-refractivity contribution in [2.24, 2.45) is 0 Å². The number of fused-ring (bicyclic) bond motifs is 1. The van der Waals surface area contributed by atoms with Crippen LogP contribution in [0.4, 0.5) is 10.7 Å². The van der Waals surface area contributed by atoms with Gasteiger partial charge in [0.15, 0.2) is 0 Å². The van der Waals surface area contributed by atoms with E-state index in [0.717, 1.165) is 23.9 Å². The number of aryl methyl sites for hydroxylation is 1. The second kappa shape index (κ2) is 5.53. The fourth-order valence-electron chi connectivity index (χ4n) is 2.76. The molecule has 3 rings (SSSR count). The Morgan fingerprint density at radius 2 is 2.10 bits per heavy atom. The lowest BCUT2D eigenvalue weighted by Gasteiger charge is -2.22. The van der Waals surface area contributed by atoms with E-state index < -0.39 is 0 Å². The Labute approximate surface area is 118 Å². The molecule has 0 spiro atoms. The summed E-state index contributed by atoms with van der Waals surface area (Å²) in [7, 11) is 0. The SMILES string of the molecule is Cc1ccc2nc(NC(=O)NC3CCCCC3)[nH]c2c1. The van der Waals surface area contributed by atoms with E-state index in [1.165, 1.54) is 24.8 Å². The maximum absolute atomic E-state index is 11.9. The molecular formula is C15H20N4O. The van der Waals surface area contributed by atoms with Crippen molar-refractivity contribution in [2.75, 3.05) is 5.32 Å². The minimum Gasteiger partial charge on any atom is -0.335 e. The third-order valence-corrected chi connectivity index (χ3v) is 3.81. The molecule has 0 bridgehead atoms. The van der Waals surface area contributed by atoms with Gasteiger partial charge in [0.25, 0.3) is 0 Å². The lowest BCUT2D eigenvalue weighted by atomic mass is 9.96. The molecule has 0 saturated heterocycles. The minimum absolute atomic E-state index is 0.173. The number of urea groups is 1. The topological polar surface area (TPSA) is 69.8 Å². The zero-order chi connectivity index (χ0) is 13.9. The fourth-order valence-corrected chi connectivity index (χ4v) is 2.76. The molecule has 0 unspecified atom stereocenters. The number of hydrogen-bond donors (Lipinski definition) is 3. The van der Waals surface area contributed by atoms with Crippen LogP contribution in [0.5, 0.6) is 0 Å². The highest BCUT2D eigenvalue weighted by Gasteiger charge is 2.16. The summed E-state index contributed by atoms with van der Waals surface area (Å²) in [5.41, 5.74) is 2.97. The lowest BCUT2D eigenvalue weighted by molar-refractivity contribution is 0.244. The Balaban J connectivity index is 1.64. The second-order valence-corrected chi connectivity index (χ2v) is 5.54. The van der Waals surface area contributed by atoms with E-state index in [0.29, 0.717) is 12.0 Å². The van der Waals surface area contributed by atoms with E-state index in [4.69, 9.17) is 0 Å². The number of benzene rings is 1. The Morgan fingerprint density at radius 1 is 1.30 bits per heavy atom. The monoisotopic (exact) mass is 272 g/mol. The molecular weight excluding hydrogens is 252 g/mol. The molecule has 2 aromatic rings. The third kappa shape index (κ3) is 2.92. The first-order chi connectivity index (χ1) is 9.70. The number of rotatable bonds is 2. The molecule has 3 N–H and O–H groups in total. The van der Waals surface area contributed by atoms with Gasteiger partial charge in [0.05, 0.1) is 11.0 Å². The fraction of sp³-hybridized carbons (Fsp3) is 0.467. The van der Waals surface area contributed by atoms with Crippen molar-refractivity contribution in [1.29, 1.82) is 0 Å². The molecule has 1 fully saturated rings. The number of nitrogens with one attached hydrogen (secondary N) is 3. The van der Waals surface area contributed by atoms with Gasteiger partial charge in [0.2, 0.25) is 5.95 Å². The first-order valence-electron chi connectivity index (χ1n) is 7.24. The van der Waals surface area contributed by atoms with Gasteiger partial charge in [-0.1, -0.05) is 25.3 Å². The minimum atomic E-state index is -0.173. The van der Waals surface area contributed by atoms with Gasteiger partial charge < -0.3 is 10.3 Å². The van der Waals surface area contributed by atoms with Gasteiger partial charge >= 0.3 is 6.03 Å². The molecule has 0 radical (unpaired) electrons. The van der Waals surface area contributed by atoms with Gasteiger partial charge in [0.1, 0.15) is 0 Å². The molecule has 2 amide bonds. The highest BCUT2D eigenvalue weighted by molar-refractivity contribution is 5.90. The molecule has 106 valence electrons. The molecule has 0 aliphatic heterocycles. The van der Waals surface area contributed by atoms with E-state index in [1.807, 2.05) is 25.1 Å². The van der Waals surface area contributed by atoms with Crippen LogP contribution in [-0.4, -0.2) is 22.0 Å². The van der Waals surface area contributed by atoms with Crippen LogP contribution >= 0.6 is 0 Å². The van der Waals surface area contributed by atoms with Crippen LogP contribution in [0, 0.1) is 6.92 Å². The van der Waals surface area contributed by atoms with Crippen LogP contribution in [0.3, 0.4) is 0 Å². The zero-order valence-corrected chi connectivity index (χ0v) is 11.7. The number of amides is 2. The number of hydrogen-bond acceptors (Lipinski definition) is 2. The number of H-pyrrole nitrogens is 1. The van der Waals surface area contributed by atoms with Crippen LogP contribution in [-0.2, 0) is 0 Å². The number of aromatic amines is 1.